The fraction of sp³-hybridized carbons (Fsp3) is 0.640. The predicted octanol–water partition coefficient (Wildman–Crippen LogP) is 5.51. The third kappa shape index (κ3) is 4.69. The van der Waals surface area contributed by atoms with Crippen molar-refractivity contribution in [2.24, 2.45) is 23.7 Å². The second-order valence-corrected chi connectivity index (χ2v) is 9.41. The minimum absolute atomic E-state index is 0.228. The van der Waals surface area contributed by atoms with Crippen molar-refractivity contribution in [1.82, 2.24) is 5.32 Å². The molecule has 29 heavy (non-hydrogen) atoms. The highest BCUT2D eigenvalue weighted by molar-refractivity contribution is 5.70. The van der Waals surface area contributed by atoms with Crippen molar-refractivity contribution >= 4 is 6.09 Å². The third-order valence-corrected chi connectivity index (χ3v) is 7.37. The van der Waals surface area contributed by atoms with Gasteiger partial charge < -0.3 is 14.8 Å². The first-order chi connectivity index (χ1) is 14.0. The zero-order chi connectivity index (χ0) is 20.4. The van der Waals surface area contributed by atoms with Crippen molar-refractivity contribution in [3.63, 3.8) is 0 Å². The number of ether oxygens (including phenoxy) is 2. The second kappa shape index (κ2) is 8.91. The average Bonchev–Trinajstić information content (AvgIpc) is 2.69. The maximum atomic E-state index is 12.1. The second-order valence-electron chi connectivity index (χ2n) is 9.41. The topological polar surface area (TPSA) is 47.6 Å². The summed E-state index contributed by atoms with van der Waals surface area (Å²) in [5.74, 6) is 3.02. The van der Waals surface area contributed by atoms with E-state index in [-0.39, 0.29) is 18.2 Å². The molecule has 1 N–H and O–H groups in total. The molecule has 0 unspecified atom stereocenters. The SMILES string of the molecule is CC1=C[C@H](C)[C@H]2CO[C@@H](Cc3ccc(OC(=O)NC4CCCCC4)cc3)[C@@H]1[C@H]2C. The van der Waals surface area contributed by atoms with Crippen LogP contribution in [0.2, 0.25) is 0 Å². The summed E-state index contributed by atoms with van der Waals surface area (Å²) in [6.07, 6.45) is 9.01. The van der Waals surface area contributed by atoms with Crippen LogP contribution in [0.5, 0.6) is 5.75 Å². The van der Waals surface area contributed by atoms with Crippen molar-refractivity contribution < 1.29 is 14.3 Å². The Labute approximate surface area is 175 Å². The van der Waals surface area contributed by atoms with Crippen molar-refractivity contribution in [2.45, 2.75) is 71.4 Å². The highest BCUT2D eigenvalue weighted by Gasteiger charge is 2.43. The zero-order valence-electron chi connectivity index (χ0n) is 18.0. The normalized spacial score (nSPS) is 32.4. The summed E-state index contributed by atoms with van der Waals surface area (Å²) in [5.41, 5.74) is 2.71. The zero-order valence-corrected chi connectivity index (χ0v) is 18.0. The molecule has 1 saturated heterocycles. The molecule has 4 heteroatoms. The van der Waals surface area contributed by atoms with Gasteiger partial charge in [0.05, 0.1) is 12.7 Å². The van der Waals surface area contributed by atoms with Crippen LogP contribution in [0.1, 0.15) is 58.4 Å². The van der Waals surface area contributed by atoms with Gasteiger partial charge in [0.15, 0.2) is 0 Å². The smallest absolute Gasteiger partial charge is 0.410 e. The number of nitrogens with one attached hydrogen (secondary N) is 1. The summed E-state index contributed by atoms with van der Waals surface area (Å²) in [4.78, 5) is 12.1. The van der Waals surface area contributed by atoms with E-state index in [1.165, 1.54) is 30.4 Å². The Morgan fingerprint density at radius 3 is 2.59 bits per heavy atom. The predicted molar refractivity (Wildman–Crippen MR) is 115 cm³/mol. The Balaban J connectivity index is 1.33. The van der Waals surface area contributed by atoms with Gasteiger partial charge in [-0.1, -0.05) is 56.9 Å². The fourth-order valence-electron chi connectivity index (χ4n) is 5.74. The summed E-state index contributed by atoms with van der Waals surface area (Å²) in [5, 5.41) is 3.00. The minimum Gasteiger partial charge on any atom is -0.410 e. The highest BCUT2D eigenvalue weighted by atomic mass is 16.6. The average molecular weight is 398 g/mol. The van der Waals surface area contributed by atoms with E-state index in [0.717, 1.165) is 25.9 Å². The van der Waals surface area contributed by atoms with Gasteiger partial charge in [0.2, 0.25) is 0 Å². The molecule has 1 aromatic rings. The Morgan fingerprint density at radius 1 is 1.14 bits per heavy atom. The number of carbonyl (C=O) groups is 1. The van der Waals surface area contributed by atoms with Crippen molar-refractivity contribution in [3.05, 3.63) is 41.5 Å². The quantitative estimate of drug-likeness (QED) is 0.681. The molecule has 5 atom stereocenters. The molecule has 0 aromatic heterocycles. The van der Waals surface area contributed by atoms with Gasteiger partial charge in [0, 0.05) is 12.0 Å². The van der Waals surface area contributed by atoms with Crippen molar-refractivity contribution in [1.29, 1.82) is 0 Å². The van der Waals surface area contributed by atoms with Gasteiger partial charge in [-0.15, -0.1) is 0 Å². The molecule has 1 heterocycles. The summed E-state index contributed by atoms with van der Waals surface area (Å²) < 4.78 is 11.8. The Morgan fingerprint density at radius 2 is 1.86 bits per heavy atom. The first-order valence-corrected chi connectivity index (χ1v) is 11.4. The van der Waals surface area contributed by atoms with E-state index in [9.17, 15) is 4.79 Å². The lowest BCUT2D eigenvalue weighted by Gasteiger charge is -2.47. The first kappa shape index (κ1) is 20.5. The van der Waals surface area contributed by atoms with Crippen LogP contribution in [-0.4, -0.2) is 24.8 Å². The van der Waals surface area contributed by atoms with Gasteiger partial charge in [-0.3, -0.25) is 0 Å². The van der Waals surface area contributed by atoms with E-state index in [1.807, 2.05) is 12.1 Å². The van der Waals surface area contributed by atoms with E-state index in [1.54, 1.807) is 0 Å². The van der Waals surface area contributed by atoms with Crippen LogP contribution in [-0.2, 0) is 11.2 Å². The molecule has 1 amide bonds. The Bertz CT molecular complexity index is 735. The van der Waals surface area contributed by atoms with E-state index in [4.69, 9.17) is 9.47 Å². The van der Waals surface area contributed by atoms with Crippen LogP contribution >= 0.6 is 0 Å². The van der Waals surface area contributed by atoms with E-state index >= 15 is 0 Å². The highest BCUT2D eigenvalue weighted by Crippen LogP contribution is 2.45. The Kier molecular flexibility index (Phi) is 6.29. The van der Waals surface area contributed by atoms with Gasteiger partial charge in [0.25, 0.3) is 0 Å². The number of carbonyl (C=O) groups excluding carboxylic acids is 1. The number of hydrogen-bond donors (Lipinski definition) is 1. The van der Waals surface area contributed by atoms with Crippen molar-refractivity contribution in [2.75, 3.05) is 6.61 Å². The molecule has 158 valence electrons. The number of hydrogen-bond acceptors (Lipinski definition) is 3. The molecule has 2 fully saturated rings. The molecule has 2 bridgehead atoms. The first-order valence-electron chi connectivity index (χ1n) is 11.4. The molecule has 4 nitrogen and oxygen atoms in total. The molecule has 4 rings (SSSR count). The van der Waals surface area contributed by atoms with E-state index < -0.39 is 0 Å². The summed E-state index contributed by atoms with van der Waals surface area (Å²) >= 11 is 0. The van der Waals surface area contributed by atoms with Crippen LogP contribution in [0, 0.1) is 23.7 Å². The van der Waals surface area contributed by atoms with Crippen molar-refractivity contribution in [3.8, 4) is 5.75 Å². The lowest BCUT2D eigenvalue weighted by atomic mass is 9.65. The molecular formula is C25H35NO3. The van der Waals surface area contributed by atoms with Gasteiger partial charge >= 0.3 is 6.09 Å². The lowest BCUT2D eigenvalue weighted by Crippen LogP contribution is -2.47. The summed E-state index contributed by atoms with van der Waals surface area (Å²) in [7, 11) is 0. The molecule has 1 aromatic carbocycles. The van der Waals surface area contributed by atoms with Gasteiger partial charge in [0.1, 0.15) is 5.75 Å². The summed E-state index contributed by atoms with van der Waals surface area (Å²) in [6, 6.07) is 8.19. The molecule has 3 aliphatic rings. The van der Waals surface area contributed by atoms with E-state index in [0.29, 0.717) is 29.4 Å². The summed E-state index contributed by atoms with van der Waals surface area (Å²) in [6.45, 7) is 7.82. The number of rotatable bonds is 4. The van der Waals surface area contributed by atoms with Crippen LogP contribution in [0.3, 0.4) is 0 Å². The molecule has 2 aliphatic carbocycles. The van der Waals surface area contributed by atoms with Gasteiger partial charge in [-0.2, -0.15) is 0 Å². The monoisotopic (exact) mass is 397 g/mol. The largest absolute Gasteiger partial charge is 0.412 e. The maximum Gasteiger partial charge on any atom is 0.412 e. The number of benzene rings is 1. The number of allylic oxidation sites excluding steroid dienone is 1. The fourth-order valence-corrected chi connectivity index (χ4v) is 5.74. The minimum atomic E-state index is -0.336. The van der Waals surface area contributed by atoms with Crippen LogP contribution in [0.15, 0.2) is 35.9 Å². The van der Waals surface area contributed by atoms with Crippen LogP contribution in [0.4, 0.5) is 4.79 Å². The molecular weight excluding hydrogens is 362 g/mol. The van der Waals surface area contributed by atoms with Gasteiger partial charge in [-0.25, -0.2) is 4.79 Å². The van der Waals surface area contributed by atoms with Gasteiger partial charge in [-0.05, 0) is 61.6 Å². The standard InChI is InChI=1S/C25H35NO3/c1-16-13-17(2)24-18(3)22(16)15-28-23(24)14-19-9-11-21(12-10-19)29-25(27)26-20-7-5-4-6-8-20/h9-13,16,18,20,22-24H,4-8,14-15H2,1-3H3,(H,26,27)/t16-,18-,22+,23-,24-/m0/s1. The van der Waals surface area contributed by atoms with Crippen LogP contribution in [0.25, 0.3) is 0 Å². The van der Waals surface area contributed by atoms with Crippen LogP contribution < -0.4 is 10.1 Å². The molecule has 1 aliphatic heterocycles. The third-order valence-electron chi connectivity index (χ3n) is 7.37. The molecule has 1 saturated carbocycles. The molecule has 0 radical (unpaired) electrons. The molecule has 0 spiro atoms. The maximum absolute atomic E-state index is 12.1. The number of fused-ring (bicyclic) bond motifs is 2. The van der Waals surface area contributed by atoms with E-state index in [2.05, 4.69) is 44.3 Å². The number of amides is 1. The Hall–Kier alpha value is -1.81. The lowest BCUT2D eigenvalue weighted by molar-refractivity contribution is -0.0901.